The van der Waals surface area contributed by atoms with Crippen LogP contribution in [0.3, 0.4) is 0 Å². The minimum Gasteiger partial charge on any atom is -0.462 e. The quantitative estimate of drug-likeness (QED) is 0.0262. The number of unbranched alkanes of at least 4 members (excludes halogenated alkanes) is 30. The average molecular weight is 924 g/mol. The van der Waals surface area contributed by atoms with Crippen LogP contribution in [0.2, 0.25) is 0 Å². The normalized spacial score (nSPS) is 12.5. The molecule has 0 fully saturated rings. The smallest absolute Gasteiger partial charge is 0.306 e. The molecule has 0 rings (SSSR count). The molecule has 0 aromatic rings. The Morgan fingerprint density at radius 2 is 0.561 bits per heavy atom. The van der Waals surface area contributed by atoms with Crippen LogP contribution in [0, 0.1) is 0 Å². The van der Waals surface area contributed by atoms with E-state index in [1.54, 1.807) is 0 Å². The van der Waals surface area contributed by atoms with Crippen LogP contribution in [0.15, 0.2) is 60.8 Å². The van der Waals surface area contributed by atoms with E-state index in [9.17, 15) is 14.4 Å². The van der Waals surface area contributed by atoms with Gasteiger partial charge >= 0.3 is 17.9 Å². The van der Waals surface area contributed by atoms with Crippen molar-refractivity contribution in [1.29, 1.82) is 0 Å². The highest BCUT2D eigenvalue weighted by molar-refractivity contribution is 5.71. The number of carbonyl (C=O) groups excluding carboxylic acids is 3. The number of hydrogen-bond donors (Lipinski definition) is 0. The molecule has 0 aromatic heterocycles. The molecule has 0 radical (unpaired) electrons. The van der Waals surface area contributed by atoms with Crippen LogP contribution in [0.5, 0.6) is 0 Å². The first kappa shape index (κ1) is 63.1. The average Bonchev–Trinajstić information content (AvgIpc) is 3.31. The van der Waals surface area contributed by atoms with Crippen molar-refractivity contribution in [2.75, 3.05) is 13.2 Å². The van der Waals surface area contributed by atoms with Crippen molar-refractivity contribution in [2.45, 2.75) is 290 Å². The van der Waals surface area contributed by atoms with Crippen LogP contribution < -0.4 is 0 Å². The molecule has 0 bridgehead atoms. The summed E-state index contributed by atoms with van der Waals surface area (Å²) in [6, 6.07) is 0. The van der Waals surface area contributed by atoms with Crippen molar-refractivity contribution < 1.29 is 28.6 Å². The molecule has 0 N–H and O–H groups in total. The van der Waals surface area contributed by atoms with Gasteiger partial charge in [-0.2, -0.15) is 0 Å². The highest BCUT2D eigenvalue weighted by Gasteiger charge is 2.19. The zero-order valence-corrected chi connectivity index (χ0v) is 43.7. The van der Waals surface area contributed by atoms with Gasteiger partial charge in [0.15, 0.2) is 6.10 Å². The first-order valence-corrected chi connectivity index (χ1v) is 28.3. The first-order chi connectivity index (χ1) is 32.5. The molecule has 0 saturated heterocycles. The van der Waals surface area contributed by atoms with E-state index < -0.39 is 6.10 Å². The summed E-state index contributed by atoms with van der Waals surface area (Å²) >= 11 is 0. The van der Waals surface area contributed by atoms with Gasteiger partial charge in [0, 0.05) is 19.3 Å². The molecular formula is C60H106O6. The van der Waals surface area contributed by atoms with E-state index >= 15 is 0 Å². The minimum absolute atomic E-state index is 0.0960. The first-order valence-electron chi connectivity index (χ1n) is 28.3. The van der Waals surface area contributed by atoms with Crippen LogP contribution in [-0.2, 0) is 28.6 Å². The summed E-state index contributed by atoms with van der Waals surface area (Å²) in [5, 5.41) is 0. The Hall–Kier alpha value is -2.89. The van der Waals surface area contributed by atoms with Crippen molar-refractivity contribution in [2.24, 2.45) is 0 Å². The summed E-state index contributed by atoms with van der Waals surface area (Å²) in [5.41, 5.74) is 0. The second-order valence-corrected chi connectivity index (χ2v) is 18.8. The van der Waals surface area contributed by atoms with Crippen LogP contribution in [-0.4, -0.2) is 37.2 Å². The molecule has 0 aliphatic carbocycles. The summed E-state index contributed by atoms with van der Waals surface area (Å²) in [6.45, 7) is 6.56. The molecule has 6 nitrogen and oxygen atoms in total. The van der Waals surface area contributed by atoms with Crippen LogP contribution in [0.4, 0.5) is 0 Å². The lowest BCUT2D eigenvalue weighted by molar-refractivity contribution is -0.167. The Labute approximate surface area is 409 Å². The topological polar surface area (TPSA) is 78.9 Å². The fourth-order valence-corrected chi connectivity index (χ4v) is 7.96. The van der Waals surface area contributed by atoms with Gasteiger partial charge in [-0.15, -0.1) is 0 Å². The van der Waals surface area contributed by atoms with E-state index in [4.69, 9.17) is 14.2 Å². The lowest BCUT2D eigenvalue weighted by atomic mass is 10.0. The molecule has 6 heteroatoms. The van der Waals surface area contributed by atoms with Gasteiger partial charge in [0.05, 0.1) is 0 Å². The minimum atomic E-state index is -0.804. The number of carbonyl (C=O) groups is 3. The number of hydrogen-bond acceptors (Lipinski definition) is 6. The third-order valence-electron chi connectivity index (χ3n) is 12.2. The molecule has 0 aliphatic heterocycles. The second kappa shape index (κ2) is 54.7. The van der Waals surface area contributed by atoms with Gasteiger partial charge in [0.2, 0.25) is 0 Å². The Balaban J connectivity index is 4.41. The summed E-state index contributed by atoms with van der Waals surface area (Å²) < 4.78 is 16.8. The van der Waals surface area contributed by atoms with Crippen molar-refractivity contribution in [3.05, 3.63) is 60.8 Å². The Morgan fingerprint density at radius 1 is 0.303 bits per heavy atom. The van der Waals surface area contributed by atoms with Gasteiger partial charge in [-0.25, -0.2) is 0 Å². The van der Waals surface area contributed by atoms with Gasteiger partial charge in [-0.05, 0) is 83.5 Å². The van der Waals surface area contributed by atoms with Crippen LogP contribution in [0.1, 0.15) is 284 Å². The van der Waals surface area contributed by atoms with E-state index in [0.29, 0.717) is 19.3 Å². The molecule has 0 heterocycles. The van der Waals surface area contributed by atoms with Gasteiger partial charge in [-0.1, -0.05) is 242 Å². The van der Waals surface area contributed by atoms with Gasteiger partial charge in [0.1, 0.15) is 13.2 Å². The zero-order chi connectivity index (χ0) is 47.9. The van der Waals surface area contributed by atoms with E-state index in [2.05, 4.69) is 81.5 Å². The molecule has 0 aliphatic rings. The van der Waals surface area contributed by atoms with Crippen molar-refractivity contribution in [3.63, 3.8) is 0 Å². The lowest BCUT2D eigenvalue weighted by Crippen LogP contribution is -2.30. The summed E-state index contributed by atoms with van der Waals surface area (Å²) in [7, 11) is 0. The lowest BCUT2D eigenvalue weighted by Gasteiger charge is -2.18. The van der Waals surface area contributed by atoms with Gasteiger partial charge in [-0.3, -0.25) is 14.4 Å². The van der Waals surface area contributed by atoms with E-state index in [1.165, 1.54) is 167 Å². The van der Waals surface area contributed by atoms with Gasteiger partial charge < -0.3 is 14.2 Å². The van der Waals surface area contributed by atoms with Crippen LogP contribution in [0.25, 0.3) is 0 Å². The molecule has 0 aromatic carbocycles. The Morgan fingerprint density at radius 3 is 0.939 bits per heavy atom. The third kappa shape index (κ3) is 52.1. The molecule has 0 amide bonds. The fraction of sp³-hybridized carbons (Fsp3) is 0.783. The second-order valence-electron chi connectivity index (χ2n) is 18.8. The van der Waals surface area contributed by atoms with E-state index in [1.807, 2.05) is 0 Å². The maximum atomic E-state index is 12.8. The largest absolute Gasteiger partial charge is 0.462 e. The standard InChI is InChI=1S/C60H106O6/c1-4-7-10-13-16-19-22-25-27-29-30-32-33-35-38-41-44-47-50-53-59(62)65-56-57(55-64-58(61)52-49-46-43-40-37-24-21-18-15-12-9-6-3)66-60(63)54-51-48-45-42-39-36-34-31-28-26-23-20-17-14-11-8-5-2/h17-18,20-21,26,28,34,36,42,45,57H,4-16,19,22-25,27,29-33,35,37-41,43-44,46-56H2,1-3H3/b20-17-,21-18-,28-26-,36-34-,45-42-. The SMILES string of the molecule is CCCCC/C=C\C/C=C\C/C=C\C/C=C\CCCC(=O)OC(COC(=O)CCCCCCC/C=C\CCCCC)COC(=O)CCCCCCCCCCCCCCCCCCCCC. The predicted octanol–water partition coefficient (Wildman–Crippen LogP) is 18.8. The van der Waals surface area contributed by atoms with E-state index in [-0.39, 0.29) is 37.5 Å². The molecule has 1 unspecified atom stereocenters. The molecular weight excluding hydrogens is 817 g/mol. The van der Waals surface area contributed by atoms with Crippen LogP contribution >= 0.6 is 0 Å². The van der Waals surface area contributed by atoms with Crippen molar-refractivity contribution >= 4 is 17.9 Å². The maximum absolute atomic E-state index is 12.8. The number of ether oxygens (including phenoxy) is 3. The molecule has 1 atom stereocenters. The van der Waals surface area contributed by atoms with Crippen molar-refractivity contribution in [3.8, 4) is 0 Å². The Bertz CT molecular complexity index is 1200. The highest BCUT2D eigenvalue weighted by Crippen LogP contribution is 2.16. The summed E-state index contributed by atoms with van der Waals surface area (Å²) in [5.74, 6) is -0.952. The fourth-order valence-electron chi connectivity index (χ4n) is 7.96. The predicted molar refractivity (Wildman–Crippen MR) is 284 cm³/mol. The summed E-state index contributed by atoms with van der Waals surface area (Å²) in [4.78, 5) is 38.1. The summed E-state index contributed by atoms with van der Waals surface area (Å²) in [6.07, 6.45) is 67.9. The number of rotatable bonds is 51. The number of allylic oxidation sites excluding steroid dienone is 10. The van der Waals surface area contributed by atoms with E-state index in [0.717, 1.165) is 70.6 Å². The van der Waals surface area contributed by atoms with Crippen molar-refractivity contribution in [1.82, 2.24) is 0 Å². The molecule has 66 heavy (non-hydrogen) atoms. The third-order valence-corrected chi connectivity index (χ3v) is 12.2. The number of esters is 3. The molecule has 382 valence electrons. The highest BCUT2D eigenvalue weighted by atomic mass is 16.6. The monoisotopic (exact) mass is 923 g/mol. The molecule has 0 spiro atoms. The van der Waals surface area contributed by atoms with Gasteiger partial charge in [0.25, 0.3) is 0 Å². The zero-order valence-electron chi connectivity index (χ0n) is 43.7. The maximum Gasteiger partial charge on any atom is 0.306 e. The Kier molecular flexibility index (Phi) is 52.3. The molecule has 0 saturated carbocycles.